The lowest BCUT2D eigenvalue weighted by Crippen LogP contribution is -2.23. The Hall–Kier alpha value is -2.23. The second-order valence-corrected chi connectivity index (χ2v) is 5.34. The molecule has 4 nitrogen and oxygen atoms in total. The van der Waals surface area contributed by atoms with E-state index in [1.54, 1.807) is 18.2 Å². The first kappa shape index (κ1) is 12.8. The normalized spacial score (nSPS) is 14.8. The molecule has 0 aliphatic heterocycles. The molecule has 1 fully saturated rings. The van der Waals surface area contributed by atoms with Gasteiger partial charge in [-0.15, -0.1) is 0 Å². The van der Waals surface area contributed by atoms with Crippen LogP contribution in [-0.2, 0) is 0 Å². The van der Waals surface area contributed by atoms with E-state index in [0.29, 0.717) is 17.4 Å². The summed E-state index contributed by atoms with van der Waals surface area (Å²) in [6, 6.07) is 9.35. The van der Waals surface area contributed by atoms with Gasteiger partial charge in [-0.25, -0.2) is 0 Å². The summed E-state index contributed by atoms with van der Waals surface area (Å²) in [4.78, 5) is 12.3. The Balaban J connectivity index is 1.79. The number of anilines is 1. The minimum absolute atomic E-state index is 0.134. The fourth-order valence-electron chi connectivity index (χ4n) is 2.45. The summed E-state index contributed by atoms with van der Waals surface area (Å²) in [7, 11) is 0. The minimum Gasteiger partial charge on any atom is -0.508 e. The number of hydrogen-bond donors (Lipinski definition) is 2. The van der Waals surface area contributed by atoms with Crippen molar-refractivity contribution < 1.29 is 9.90 Å². The van der Waals surface area contributed by atoms with Gasteiger partial charge in [0.15, 0.2) is 0 Å². The summed E-state index contributed by atoms with van der Waals surface area (Å²) in [6.45, 7) is 1.82. The van der Waals surface area contributed by atoms with Crippen LogP contribution < -0.4 is 5.32 Å². The van der Waals surface area contributed by atoms with E-state index in [1.165, 1.54) is 6.42 Å². The van der Waals surface area contributed by atoms with Gasteiger partial charge < -0.3 is 15.0 Å². The number of amides is 1. The Kier molecular flexibility index (Phi) is 3.22. The smallest absolute Gasteiger partial charge is 0.272 e. The van der Waals surface area contributed by atoms with Crippen LogP contribution in [0.4, 0.5) is 5.69 Å². The van der Waals surface area contributed by atoms with E-state index in [2.05, 4.69) is 5.32 Å². The van der Waals surface area contributed by atoms with Crippen molar-refractivity contribution in [1.29, 1.82) is 0 Å². The van der Waals surface area contributed by atoms with Crippen molar-refractivity contribution in [2.24, 2.45) is 0 Å². The average Bonchev–Trinajstić information content (AvgIpc) is 2.81. The molecular formula is C16H18N2O2. The van der Waals surface area contributed by atoms with Gasteiger partial charge in [-0.2, -0.15) is 0 Å². The maximum Gasteiger partial charge on any atom is 0.272 e. The van der Waals surface area contributed by atoms with Gasteiger partial charge >= 0.3 is 0 Å². The van der Waals surface area contributed by atoms with Crippen molar-refractivity contribution in [3.05, 3.63) is 47.8 Å². The van der Waals surface area contributed by atoms with Gasteiger partial charge in [0.1, 0.15) is 11.4 Å². The number of benzene rings is 1. The minimum atomic E-state index is -0.134. The summed E-state index contributed by atoms with van der Waals surface area (Å²) >= 11 is 0. The molecule has 1 aliphatic rings. The lowest BCUT2D eigenvalue weighted by atomic mass is 9.93. The van der Waals surface area contributed by atoms with Gasteiger partial charge in [-0.1, -0.05) is 6.07 Å². The molecule has 2 aromatic rings. The highest BCUT2D eigenvalue weighted by Crippen LogP contribution is 2.33. The fourth-order valence-corrected chi connectivity index (χ4v) is 2.45. The quantitative estimate of drug-likeness (QED) is 0.897. The standard InChI is InChI=1S/C16H18N2O2/c1-11-7-8-12(10-15(11)19)17-16(20)14-6-3-9-18(14)13-4-2-5-13/h3,6-10,13,19H,2,4-5H2,1H3,(H,17,20). The average molecular weight is 270 g/mol. The van der Waals surface area contributed by atoms with Crippen LogP contribution in [0.5, 0.6) is 5.75 Å². The summed E-state index contributed by atoms with van der Waals surface area (Å²) in [6.07, 6.45) is 5.47. The molecule has 0 unspecified atom stereocenters. The molecular weight excluding hydrogens is 252 g/mol. The lowest BCUT2D eigenvalue weighted by Gasteiger charge is -2.28. The molecule has 0 radical (unpaired) electrons. The Morgan fingerprint density at radius 1 is 1.35 bits per heavy atom. The Morgan fingerprint density at radius 3 is 2.80 bits per heavy atom. The first-order chi connectivity index (χ1) is 9.65. The van der Waals surface area contributed by atoms with Crippen molar-refractivity contribution in [3.8, 4) is 5.75 Å². The van der Waals surface area contributed by atoms with E-state index >= 15 is 0 Å². The molecule has 1 aromatic carbocycles. The van der Waals surface area contributed by atoms with Crippen molar-refractivity contribution in [3.63, 3.8) is 0 Å². The van der Waals surface area contributed by atoms with Crippen LogP contribution in [0.25, 0.3) is 0 Å². The highest BCUT2D eigenvalue weighted by molar-refractivity contribution is 6.03. The van der Waals surface area contributed by atoms with Crippen LogP contribution in [0, 0.1) is 6.92 Å². The van der Waals surface area contributed by atoms with Gasteiger partial charge in [-0.05, 0) is 49.9 Å². The van der Waals surface area contributed by atoms with Crippen LogP contribution in [0.2, 0.25) is 0 Å². The second-order valence-electron chi connectivity index (χ2n) is 5.34. The molecule has 1 amide bonds. The molecule has 1 aliphatic carbocycles. The zero-order valence-corrected chi connectivity index (χ0v) is 11.5. The van der Waals surface area contributed by atoms with E-state index in [0.717, 1.165) is 18.4 Å². The molecule has 1 aromatic heterocycles. The number of nitrogens with zero attached hydrogens (tertiary/aromatic N) is 1. The van der Waals surface area contributed by atoms with Crippen LogP contribution in [0.15, 0.2) is 36.5 Å². The van der Waals surface area contributed by atoms with Crippen molar-refractivity contribution in [2.45, 2.75) is 32.2 Å². The molecule has 1 heterocycles. The molecule has 0 atom stereocenters. The molecule has 0 spiro atoms. The molecule has 1 saturated carbocycles. The number of carbonyl (C=O) groups excluding carboxylic acids is 1. The van der Waals surface area contributed by atoms with Crippen molar-refractivity contribution >= 4 is 11.6 Å². The van der Waals surface area contributed by atoms with Crippen LogP contribution in [-0.4, -0.2) is 15.6 Å². The van der Waals surface area contributed by atoms with E-state index in [9.17, 15) is 9.90 Å². The highest BCUT2D eigenvalue weighted by Gasteiger charge is 2.23. The van der Waals surface area contributed by atoms with Crippen molar-refractivity contribution in [2.75, 3.05) is 5.32 Å². The van der Waals surface area contributed by atoms with Gasteiger partial charge in [-0.3, -0.25) is 4.79 Å². The Labute approximate surface area is 118 Å². The first-order valence-corrected chi connectivity index (χ1v) is 6.93. The molecule has 2 N–H and O–H groups in total. The number of phenolic OH excluding ortho intramolecular Hbond substituents is 1. The van der Waals surface area contributed by atoms with Gasteiger partial charge in [0, 0.05) is 24.0 Å². The van der Waals surface area contributed by atoms with Crippen LogP contribution in [0.1, 0.15) is 41.4 Å². The second kappa shape index (κ2) is 5.04. The summed E-state index contributed by atoms with van der Waals surface area (Å²) in [5, 5.41) is 12.5. The number of phenols is 1. The monoisotopic (exact) mass is 270 g/mol. The largest absolute Gasteiger partial charge is 0.508 e. The van der Waals surface area contributed by atoms with E-state index in [4.69, 9.17) is 0 Å². The summed E-state index contributed by atoms with van der Waals surface area (Å²) in [5.74, 6) is 0.0577. The summed E-state index contributed by atoms with van der Waals surface area (Å²) in [5.41, 5.74) is 2.08. The molecule has 0 saturated heterocycles. The highest BCUT2D eigenvalue weighted by atomic mass is 16.3. The SMILES string of the molecule is Cc1ccc(NC(=O)c2cccn2C2CCC2)cc1O. The lowest BCUT2D eigenvalue weighted by molar-refractivity contribution is 0.101. The predicted octanol–water partition coefficient (Wildman–Crippen LogP) is 3.48. The topological polar surface area (TPSA) is 54.3 Å². The number of aromatic hydroxyl groups is 1. The molecule has 4 heteroatoms. The number of carbonyl (C=O) groups is 1. The molecule has 104 valence electrons. The van der Waals surface area contributed by atoms with Crippen LogP contribution >= 0.6 is 0 Å². The van der Waals surface area contributed by atoms with Gasteiger partial charge in [0.25, 0.3) is 5.91 Å². The van der Waals surface area contributed by atoms with Gasteiger partial charge in [0.05, 0.1) is 0 Å². The van der Waals surface area contributed by atoms with E-state index < -0.39 is 0 Å². The number of rotatable bonds is 3. The Bertz CT molecular complexity index is 642. The predicted molar refractivity (Wildman–Crippen MR) is 78.1 cm³/mol. The maximum atomic E-state index is 12.3. The number of aromatic nitrogens is 1. The fraction of sp³-hybridized carbons (Fsp3) is 0.312. The first-order valence-electron chi connectivity index (χ1n) is 6.93. The molecule has 20 heavy (non-hydrogen) atoms. The third-order valence-electron chi connectivity index (χ3n) is 3.95. The molecule has 0 bridgehead atoms. The third-order valence-corrected chi connectivity index (χ3v) is 3.95. The van der Waals surface area contributed by atoms with E-state index in [1.807, 2.05) is 29.8 Å². The third kappa shape index (κ3) is 2.29. The zero-order valence-electron chi connectivity index (χ0n) is 11.5. The Morgan fingerprint density at radius 2 is 2.15 bits per heavy atom. The van der Waals surface area contributed by atoms with E-state index in [-0.39, 0.29) is 11.7 Å². The zero-order chi connectivity index (χ0) is 14.1. The van der Waals surface area contributed by atoms with Crippen LogP contribution in [0.3, 0.4) is 0 Å². The molecule has 3 rings (SSSR count). The number of nitrogens with one attached hydrogen (secondary N) is 1. The van der Waals surface area contributed by atoms with Crippen molar-refractivity contribution in [1.82, 2.24) is 4.57 Å². The summed E-state index contributed by atoms with van der Waals surface area (Å²) < 4.78 is 2.05. The van der Waals surface area contributed by atoms with Gasteiger partial charge in [0.2, 0.25) is 0 Å². The number of aryl methyl sites for hydroxylation is 1. The maximum absolute atomic E-state index is 12.3. The number of hydrogen-bond acceptors (Lipinski definition) is 2.